The van der Waals surface area contributed by atoms with Crippen LogP contribution in [0.4, 0.5) is 4.39 Å². The Morgan fingerprint density at radius 1 is 1.24 bits per heavy atom. The van der Waals surface area contributed by atoms with Crippen molar-refractivity contribution in [2.24, 2.45) is 17.3 Å². The molecule has 1 heteroatoms. The molecule has 0 aliphatic carbocycles. The summed E-state index contributed by atoms with van der Waals surface area (Å²) in [7, 11) is 0. The van der Waals surface area contributed by atoms with Crippen LogP contribution in [0.5, 0.6) is 0 Å². The summed E-state index contributed by atoms with van der Waals surface area (Å²) in [4.78, 5) is 0. The zero-order valence-electron chi connectivity index (χ0n) is 12.9. The van der Waals surface area contributed by atoms with Crippen LogP contribution in [0.2, 0.25) is 0 Å². The van der Waals surface area contributed by atoms with E-state index in [1.165, 1.54) is 5.57 Å². The molecule has 0 aliphatic rings. The molecule has 0 radical (unpaired) electrons. The minimum Gasteiger partial charge on any atom is -0.244 e. The van der Waals surface area contributed by atoms with E-state index >= 15 is 0 Å². The molecule has 0 bridgehead atoms. The van der Waals surface area contributed by atoms with E-state index < -0.39 is 5.67 Å². The van der Waals surface area contributed by atoms with E-state index in [4.69, 9.17) is 0 Å². The summed E-state index contributed by atoms with van der Waals surface area (Å²) in [6, 6.07) is 0. The average molecular weight is 242 g/mol. The van der Waals surface area contributed by atoms with E-state index in [9.17, 15) is 4.39 Å². The second kappa shape index (κ2) is 6.02. The lowest BCUT2D eigenvalue weighted by molar-refractivity contribution is 0.0666. The number of allylic oxidation sites excluding steroid dienone is 1. The van der Waals surface area contributed by atoms with E-state index in [-0.39, 0.29) is 5.41 Å². The number of hydrogen-bond donors (Lipinski definition) is 0. The van der Waals surface area contributed by atoms with E-state index in [2.05, 4.69) is 41.2 Å². The van der Waals surface area contributed by atoms with Gasteiger partial charge in [0.05, 0.1) is 0 Å². The Morgan fingerprint density at radius 2 is 1.71 bits per heavy atom. The second-order valence-electron chi connectivity index (χ2n) is 6.82. The molecule has 0 amide bonds. The van der Waals surface area contributed by atoms with Crippen LogP contribution in [0.3, 0.4) is 0 Å². The quantitative estimate of drug-likeness (QED) is 0.496. The molecule has 0 spiro atoms. The van der Waals surface area contributed by atoms with Crippen molar-refractivity contribution < 1.29 is 4.39 Å². The summed E-state index contributed by atoms with van der Waals surface area (Å²) in [6.07, 6.45) is 2.34. The predicted octanol–water partition coefficient (Wildman–Crippen LogP) is 5.78. The maximum absolute atomic E-state index is 14.2. The van der Waals surface area contributed by atoms with Gasteiger partial charge < -0.3 is 0 Å². The van der Waals surface area contributed by atoms with Gasteiger partial charge in [-0.1, -0.05) is 46.8 Å². The van der Waals surface area contributed by atoms with Gasteiger partial charge in [-0.2, -0.15) is 0 Å². The lowest BCUT2D eigenvalue weighted by Crippen LogP contribution is -2.32. The molecule has 102 valence electrons. The monoisotopic (exact) mass is 242 g/mol. The first-order chi connectivity index (χ1) is 7.52. The van der Waals surface area contributed by atoms with Gasteiger partial charge in [0.1, 0.15) is 5.67 Å². The highest BCUT2D eigenvalue weighted by Gasteiger charge is 2.35. The molecule has 3 unspecified atom stereocenters. The van der Waals surface area contributed by atoms with Crippen LogP contribution in [0.1, 0.15) is 67.7 Å². The van der Waals surface area contributed by atoms with Gasteiger partial charge in [-0.15, -0.1) is 0 Å². The summed E-state index contributed by atoms with van der Waals surface area (Å²) < 4.78 is 14.2. The number of rotatable bonds is 7. The van der Waals surface area contributed by atoms with Gasteiger partial charge in [0.2, 0.25) is 0 Å². The Balaban J connectivity index is 4.54. The summed E-state index contributed by atoms with van der Waals surface area (Å²) in [6.45, 7) is 18.6. The minimum atomic E-state index is -1.04. The zero-order chi connectivity index (χ0) is 13.9. The van der Waals surface area contributed by atoms with Gasteiger partial charge in [0.15, 0.2) is 0 Å². The fourth-order valence-corrected chi connectivity index (χ4v) is 2.30. The van der Waals surface area contributed by atoms with Gasteiger partial charge in [0.25, 0.3) is 0 Å². The molecular formula is C16H31F. The van der Waals surface area contributed by atoms with Crippen LogP contribution in [0.15, 0.2) is 12.2 Å². The third-order valence-electron chi connectivity index (χ3n) is 4.44. The van der Waals surface area contributed by atoms with Gasteiger partial charge in [-0.3, -0.25) is 0 Å². The van der Waals surface area contributed by atoms with Gasteiger partial charge in [-0.25, -0.2) is 4.39 Å². The summed E-state index contributed by atoms with van der Waals surface area (Å²) in [5.41, 5.74) is 0.235. The molecule has 0 saturated heterocycles. The second-order valence-corrected chi connectivity index (χ2v) is 6.82. The van der Waals surface area contributed by atoms with Crippen molar-refractivity contribution in [2.45, 2.75) is 73.4 Å². The van der Waals surface area contributed by atoms with E-state index in [1.807, 2.05) is 6.92 Å². The van der Waals surface area contributed by atoms with Crippen molar-refractivity contribution in [1.29, 1.82) is 0 Å². The van der Waals surface area contributed by atoms with Crippen molar-refractivity contribution in [3.8, 4) is 0 Å². The lowest BCUT2D eigenvalue weighted by atomic mass is 9.69. The molecule has 0 aromatic rings. The SMILES string of the molecule is C=C(C)C(C)CC(C)C(C)(C)CC(C)(F)CC. The molecule has 0 nitrogen and oxygen atoms in total. The van der Waals surface area contributed by atoms with Crippen LogP contribution in [-0.2, 0) is 0 Å². The molecule has 0 aromatic heterocycles. The minimum absolute atomic E-state index is 0.0449. The molecule has 0 heterocycles. The highest BCUT2D eigenvalue weighted by molar-refractivity contribution is 4.96. The molecule has 3 atom stereocenters. The fraction of sp³-hybridized carbons (Fsp3) is 0.875. The Kier molecular flexibility index (Phi) is 5.90. The smallest absolute Gasteiger partial charge is 0.108 e. The number of hydrogen-bond acceptors (Lipinski definition) is 0. The highest BCUT2D eigenvalue weighted by Crippen LogP contribution is 2.41. The Labute approximate surface area is 108 Å². The zero-order valence-corrected chi connectivity index (χ0v) is 12.9. The normalized spacial score (nSPS) is 19.5. The summed E-state index contributed by atoms with van der Waals surface area (Å²) in [5, 5.41) is 0. The maximum Gasteiger partial charge on any atom is 0.108 e. The third kappa shape index (κ3) is 5.70. The van der Waals surface area contributed by atoms with Gasteiger partial charge in [-0.05, 0) is 50.4 Å². The van der Waals surface area contributed by atoms with Gasteiger partial charge >= 0.3 is 0 Å². The van der Waals surface area contributed by atoms with E-state index in [0.717, 1.165) is 6.42 Å². The highest BCUT2D eigenvalue weighted by atomic mass is 19.1. The van der Waals surface area contributed by atoms with Crippen LogP contribution < -0.4 is 0 Å². The molecule has 0 aromatic carbocycles. The number of alkyl halides is 1. The fourth-order valence-electron chi connectivity index (χ4n) is 2.30. The Bertz CT molecular complexity index is 250. The third-order valence-corrected chi connectivity index (χ3v) is 4.44. The first-order valence-electron chi connectivity index (χ1n) is 6.86. The van der Waals surface area contributed by atoms with Crippen LogP contribution in [0.25, 0.3) is 0 Å². The van der Waals surface area contributed by atoms with E-state index in [1.54, 1.807) is 6.92 Å². The van der Waals surface area contributed by atoms with Crippen LogP contribution in [0, 0.1) is 17.3 Å². The topological polar surface area (TPSA) is 0 Å². The van der Waals surface area contributed by atoms with Crippen molar-refractivity contribution in [3.05, 3.63) is 12.2 Å². The first-order valence-corrected chi connectivity index (χ1v) is 6.86. The van der Waals surface area contributed by atoms with Gasteiger partial charge in [0, 0.05) is 0 Å². The lowest BCUT2D eigenvalue weighted by Gasteiger charge is -2.38. The predicted molar refractivity (Wildman–Crippen MR) is 76.0 cm³/mol. The van der Waals surface area contributed by atoms with Crippen molar-refractivity contribution in [3.63, 3.8) is 0 Å². The molecule has 0 rings (SSSR count). The summed E-state index contributed by atoms with van der Waals surface area (Å²) >= 11 is 0. The number of halogens is 1. The molecule has 0 saturated carbocycles. The molecule has 17 heavy (non-hydrogen) atoms. The van der Waals surface area contributed by atoms with Crippen LogP contribution in [-0.4, -0.2) is 5.67 Å². The molecule has 0 N–H and O–H groups in total. The van der Waals surface area contributed by atoms with Crippen molar-refractivity contribution >= 4 is 0 Å². The molecular weight excluding hydrogens is 211 g/mol. The average Bonchev–Trinajstić information content (AvgIpc) is 2.15. The van der Waals surface area contributed by atoms with E-state index in [0.29, 0.717) is 24.7 Å². The Hall–Kier alpha value is -0.330. The standard InChI is InChI=1S/C16H31F/c1-9-16(8,17)11-15(6,7)14(5)10-13(4)12(2)3/h13-14H,2,9-11H2,1,3-8H3. The Morgan fingerprint density at radius 3 is 2.06 bits per heavy atom. The summed E-state index contributed by atoms with van der Waals surface area (Å²) in [5.74, 6) is 1.03. The van der Waals surface area contributed by atoms with Crippen molar-refractivity contribution in [1.82, 2.24) is 0 Å². The largest absolute Gasteiger partial charge is 0.244 e. The van der Waals surface area contributed by atoms with Crippen LogP contribution >= 0.6 is 0 Å². The molecule has 0 aliphatic heterocycles. The first kappa shape index (κ1) is 16.7. The maximum atomic E-state index is 14.2. The molecule has 0 fully saturated rings. The van der Waals surface area contributed by atoms with Crippen molar-refractivity contribution in [2.75, 3.05) is 0 Å².